The summed E-state index contributed by atoms with van der Waals surface area (Å²) in [5, 5.41) is 0.854. The maximum Gasteiger partial charge on any atom is 0.0845 e. The highest BCUT2D eigenvalue weighted by molar-refractivity contribution is 6.31. The Hall–Kier alpha value is -0.530. The summed E-state index contributed by atoms with van der Waals surface area (Å²) in [7, 11) is 0. The van der Waals surface area contributed by atoms with E-state index in [-0.39, 0.29) is 0 Å². The highest BCUT2D eigenvalue weighted by Gasteiger charge is 2.35. The molecule has 15 heavy (non-hydrogen) atoms. The molecule has 2 unspecified atom stereocenters. The number of hydrogen-bond acceptors (Lipinski definition) is 1. The van der Waals surface area contributed by atoms with Crippen molar-refractivity contribution < 1.29 is 4.74 Å². The second kappa shape index (κ2) is 4.54. The fraction of sp³-hybridized carbons (Fsp3) is 0.538. The van der Waals surface area contributed by atoms with Crippen molar-refractivity contribution in [3.05, 3.63) is 34.3 Å². The molecule has 2 atom stereocenters. The quantitative estimate of drug-likeness (QED) is 0.710. The maximum absolute atomic E-state index is 5.98. The Bertz CT molecular complexity index is 348. The van der Waals surface area contributed by atoms with Crippen molar-refractivity contribution >= 4 is 11.6 Å². The summed E-state index contributed by atoms with van der Waals surface area (Å²) in [6.07, 6.45) is 4.41. The standard InChI is InChI=1S/C13H17ClO/c1-3-12-13(15-12)7-5-10-4-6-11(14)9(2)8-10/h4,6,8,12-13H,3,5,7H2,1-2H3. The van der Waals surface area contributed by atoms with Crippen LogP contribution < -0.4 is 0 Å². The molecular formula is C13H17ClO. The zero-order chi connectivity index (χ0) is 10.8. The second-order valence-electron chi connectivity index (χ2n) is 4.24. The average Bonchev–Trinajstić information content (AvgIpc) is 2.98. The largest absolute Gasteiger partial charge is 0.370 e. The fourth-order valence-electron chi connectivity index (χ4n) is 1.96. The lowest BCUT2D eigenvalue weighted by Crippen LogP contribution is -1.96. The molecule has 0 aromatic heterocycles. The van der Waals surface area contributed by atoms with Crippen LogP contribution in [0.5, 0.6) is 0 Å². The van der Waals surface area contributed by atoms with Crippen LogP contribution in [0.4, 0.5) is 0 Å². The molecule has 1 aromatic rings. The number of aryl methyl sites for hydroxylation is 2. The van der Waals surface area contributed by atoms with Gasteiger partial charge in [0.2, 0.25) is 0 Å². The van der Waals surface area contributed by atoms with Crippen LogP contribution in [0.15, 0.2) is 18.2 Å². The SMILES string of the molecule is CCC1OC1CCc1ccc(Cl)c(C)c1. The van der Waals surface area contributed by atoms with E-state index in [1.54, 1.807) is 0 Å². The van der Waals surface area contributed by atoms with Crippen molar-refractivity contribution in [1.82, 2.24) is 0 Å². The summed E-state index contributed by atoms with van der Waals surface area (Å²) in [6, 6.07) is 6.27. The number of benzene rings is 1. The van der Waals surface area contributed by atoms with Crippen LogP contribution in [-0.4, -0.2) is 12.2 Å². The molecule has 2 rings (SSSR count). The van der Waals surface area contributed by atoms with Crippen LogP contribution in [0.2, 0.25) is 5.02 Å². The third kappa shape index (κ3) is 2.73. The van der Waals surface area contributed by atoms with Gasteiger partial charge in [0.05, 0.1) is 12.2 Å². The molecule has 0 amide bonds. The number of hydrogen-bond donors (Lipinski definition) is 0. The van der Waals surface area contributed by atoms with Gasteiger partial charge in [-0.25, -0.2) is 0 Å². The molecule has 1 nitrogen and oxygen atoms in total. The molecule has 0 saturated carbocycles. The molecule has 1 heterocycles. The van der Waals surface area contributed by atoms with Gasteiger partial charge in [0, 0.05) is 5.02 Å². The van der Waals surface area contributed by atoms with E-state index in [0.29, 0.717) is 12.2 Å². The van der Waals surface area contributed by atoms with Gasteiger partial charge in [-0.3, -0.25) is 0 Å². The van der Waals surface area contributed by atoms with Gasteiger partial charge < -0.3 is 4.74 Å². The third-order valence-electron chi connectivity index (χ3n) is 3.03. The maximum atomic E-state index is 5.98. The predicted molar refractivity (Wildman–Crippen MR) is 63.5 cm³/mol. The van der Waals surface area contributed by atoms with Crippen LogP contribution in [-0.2, 0) is 11.2 Å². The van der Waals surface area contributed by atoms with E-state index in [1.165, 1.54) is 5.56 Å². The van der Waals surface area contributed by atoms with Crippen molar-refractivity contribution in [3.8, 4) is 0 Å². The van der Waals surface area contributed by atoms with Crippen LogP contribution in [0.1, 0.15) is 30.9 Å². The smallest absolute Gasteiger partial charge is 0.0845 e. The van der Waals surface area contributed by atoms with Gasteiger partial charge in [0.1, 0.15) is 0 Å². The molecule has 0 N–H and O–H groups in total. The zero-order valence-corrected chi connectivity index (χ0v) is 10.1. The van der Waals surface area contributed by atoms with Gasteiger partial charge >= 0.3 is 0 Å². The molecule has 1 aliphatic rings. The van der Waals surface area contributed by atoms with E-state index in [9.17, 15) is 0 Å². The summed E-state index contributed by atoms with van der Waals surface area (Å²) in [6.45, 7) is 4.23. The van der Waals surface area contributed by atoms with Crippen molar-refractivity contribution in [2.24, 2.45) is 0 Å². The van der Waals surface area contributed by atoms with E-state index in [0.717, 1.165) is 29.8 Å². The van der Waals surface area contributed by atoms with Gasteiger partial charge in [0.15, 0.2) is 0 Å². The fourth-order valence-corrected chi connectivity index (χ4v) is 2.08. The first kappa shape index (κ1) is 11.0. The molecule has 1 aromatic carbocycles. The Kier molecular flexibility index (Phi) is 3.32. The normalized spacial score (nSPS) is 24.2. The third-order valence-corrected chi connectivity index (χ3v) is 3.45. The molecule has 0 aliphatic carbocycles. The molecule has 0 spiro atoms. The number of rotatable bonds is 4. The first-order valence-electron chi connectivity index (χ1n) is 5.61. The first-order valence-corrected chi connectivity index (χ1v) is 5.99. The summed E-state index contributed by atoms with van der Waals surface area (Å²) < 4.78 is 5.52. The summed E-state index contributed by atoms with van der Waals surface area (Å²) >= 11 is 5.98. The lowest BCUT2D eigenvalue weighted by Gasteiger charge is -2.02. The van der Waals surface area contributed by atoms with Gasteiger partial charge in [-0.2, -0.15) is 0 Å². The van der Waals surface area contributed by atoms with E-state index < -0.39 is 0 Å². The number of ether oxygens (including phenoxy) is 1. The average molecular weight is 225 g/mol. The lowest BCUT2D eigenvalue weighted by molar-refractivity contribution is 0.360. The summed E-state index contributed by atoms with van der Waals surface area (Å²) in [5.41, 5.74) is 2.53. The molecule has 0 radical (unpaired) electrons. The second-order valence-corrected chi connectivity index (χ2v) is 4.65. The highest BCUT2D eigenvalue weighted by atomic mass is 35.5. The highest BCUT2D eigenvalue weighted by Crippen LogP contribution is 2.29. The van der Waals surface area contributed by atoms with E-state index in [4.69, 9.17) is 16.3 Å². The predicted octanol–water partition coefficient (Wildman–Crippen LogP) is 3.76. The van der Waals surface area contributed by atoms with Crippen molar-refractivity contribution in [3.63, 3.8) is 0 Å². The first-order chi connectivity index (χ1) is 7.20. The van der Waals surface area contributed by atoms with E-state index in [2.05, 4.69) is 19.1 Å². The van der Waals surface area contributed by atoms with Crippen LogP contribution >= 0.6 is 11.6 Å². The Morgan fingerprint density at radius 3 is 2.73 bits per heavy atom. The van der Waals surface area contributed by atoms with E-state index in [1.807, 2.05) is 13.0 Å². The number of halogens is 1. The topological polar surface area (TPSA) is 12.5 Å². The lowest BCUT2D eigenvalue weighted by atomic mass is 10.0. The Labute approximate surface area is 96.4 Å². The molecule has 82 valence electrons. The molecule has 1 fully saturated rings. The molecule has 1 saturated heterocycles. The zero-order valence-electron chi connectivity index (χ0n) is 9.29. The van der Waals surface area contributed by atoms with Gasteiger partial charge in [-0.05, 0) is 43.4 Å². The van der Waals surface area contributed by atoms with Crippen molar-refractivity contribution in [1.29, 1.82) is 0 Å². The van der Waals surface area contributed by atoms with Crippen LogP contribution in [0.25, 0.3) is 0 Å². The molecule has 0 bridgehead atoms. The summed E-state index contributed by atoms with van der Waals surface area (Å²) in [5.74, 6) is 0. The van der Waals surface area contributed by atoms with E-state index >= 15 is 0 Å². The minimum Gasteiger partial charge on any atom is -0.370 e. The van der Waals surface area contributed by atoms with Gasteiger partial charge in [0.25, 0.3) is 0 Å². The minimum atomic E-state index is 0.506. The molecule has 1 aliphatic heterocycles. The van der Waals surface area contributed by atoms with Gasteiger partial charge in [-0.1, -0.05) is 30.7 Å². The van der Waals surface area contributed by atoms with Gasteiger partial charge in [-0.15, -0.1) is 0 Å². The van der Waals surface area contributed by atoms with Crippen LogP contribution in [0, 0.1) is 6.92 Å². The molecular weight excluding hydrogens is 208 g/mol. The van der Waals surface area contributed by atoms with Crippen molar-refractivity contribution in [2.45, 2.75) is 45.3 Å². The molecule has 2 heteroatoms. The Morgan fingerprint density at radius 2 is 2.13 bits per heavy atom. The van der Waals surface area contributed by atoms with Crippen molar-refractivity contribution in [2.75, 3.05) is 0 Å². The monoisotopic (exact) mass is 224 g/mol. The summed E-state index contributed by atoms with van der Waals surface area (Å²) in [4.78, 5) is 0. The Morgan fingerprint density at radius 1 is 1.33 bits per heavy atom. The number of epoxide rings is 1. The van der Waals surface area contributed by atoms with Crippen LogP contribution in [0.3, 0.4) is 0 Å². The minimum absolute atomic E-state index is 0.506. The Balaban J connectivity index is 1.86.